The molecule has 0 bridgehead atoms. The van der Waals surface area contributed by atoms with Crippen LogP contribution in [0, 0.1) is 5.82 Å². The zero-order valence-corrected chi connectivity index (χ0v) is 18.9. The molecular weight excluding hydrogens is 478 g/mol. The van der Waals surface area contributed by atoms with Gasteiger partial charge in [0.2, 0.25) is 0 Å². The topological polar surface area (TPSA) is 49.6 Å². The molecule has 174 valence electrons. The van der Waals surface area contributed by atoms with E-state index in [0.29, 0.717) is 38.3 Å². The number of benzene rings is 2. The molecule has 4 nitrogen and oxygen atoms in total. The summed E-state index contributed by atoms with van der Waals surface area (Å²) in [5, 5.41) is 2.14. The number of nitrogens with two attached hydrogens (primary N) is 1. The minimum atomic E-state index is -4.53. The molecule has 2 heterocycles. The van der Waals surface area contributed by atoms with Crippen LogP contribution in [0.25, 0.3) is 0 Å². The predicted molar refractivity (Wildman–Crippen MR) is 123 cm³/mol. The predicted octanol–water partition coefficient (Wildman–Crippen LogP) is 5.69. The fourth-order valence-electron chi connectivity index (χ4n) is 3.85. The van der Waals surface area contributed by atoms with Gasteiger partial charge in [0.1, 0.15) is 5.82 Å². The number of piperazine rings is 1. The number of hydrogen-bond acceptors (Lipinski definition) is 5. The third kappa shape index (κ3) is 5.15. The Labute approximate surface area is 197 Å². The first-order chi connectivity index (χ1) is 15.6. The van der Waals surface area contributed by atoms with Crippen LogP contribution in [0.1, 0.15) is 27.0 Å². The van der Waals surface area contributed by atoms with Crippen molar-refractivity contribution < 1.29 is 22.4 Å². The molecule has 1 aliphatic heterocycles. The maximum absolute atomic E-state index is 13.4. The maximum atomic E-state index is 13.4. The highest BCUT2D eigenvalue weighted by Crippen LogP contribution is 2.33. The highest BCUT2D eigenvalue weighted by Gasteiger charge is 2.31. The van der Waals surface area contributed by atoms with Crippen LogP contribution in [0.15, 0.2) is 47.8 Å². The Kier molecular flexibility index (Phi) is 6.65. The van der Waals surface area contributed by atoms with Crippen LogP contribution < -0.4 is 10.6 Å². The summed E-state index contributed by atoms with van der Waals surface area (Å²) in [6.45, 7) is 3.17. The molecule has 1 saturated heterocycles. The summed E-state index contributed by atoms with van der Waals surface area (Å²) < 4.78 is 52.6. The first kappa shape index (κ1) is 23.5. The van der Waals surface area contributed by atoms with Crippen molar-refractivity contribution >= 4 is 39.4 Å². The van der Waals surface area contributed by atoms with Crippen LogP contribution in [-0.4, -0.2) is 36.9 Å². The lowest BCUT2D eigenvalue weighted by atomic mass is 9.99. The Hall–Kier alpha value is -2.62. The molecule has 1 fully saturated rings. The van der Waals surface area contributed by atoms with E-state index in [9.17, 15) is 22.4 Å². The summed E-state index contributed by atoms with van der Waals surface area (Å²) >= 11 is 7.09. The van der Waals surface area contributed by atoms with Gasteiger partial charge in [0.25, 0.3) is 0 Å². The van der Waals surface area contributed by atoms with Crippen molar-refractivity contribution in [1.29, 1.82) is 0 Å². The highest BCUT2D eigenvalue weighted by atomic mass is 35.5. The van der Waals surface area contributed by atoms with Gasteiger partial charge in [-0.05, 0) is 41.3 Å². The molecular formula is C23H20ClF4N3OS. The second-order valence-electron chi connectivity index (χ2n) is 7.77. The number of carbonyl (C=O) groups is 1. The second kappa shape index (κ2) is 9.32. The Morgan fingerprint density at radius 2 is 1.82 bits per heavy atom. The molecule has 0 unspecified atom stereocenters. The molecule has 0 radical (unpaired) electrons. The normalized spacial score (nSPS) is 15.1. The van der Waals surface area contributed by atoms with E-state index in [4.69, 9.17) is 17.3 Å². The molecule has 0 spiro atoms. The van der Waals surface area contributed by atoms with E-state index < -0.39 is 23.3 Å². The Bertz CT molecular complexity index is 1170. The van der Waals surface area contributed by atoms with Gasteiger partial charge in [0.15, 0.2) is 5.78 Å². The molecule has 0 atom stereocenters. The smallest absolute Gasteiger partial charge is 0.390 e. The summed E-state index contributed by atoms with van der Waals surface area (Å²) in [7, 11) is 0. The van der Waals surface area contributed by atoms with Crippen LogP contribution in [0.3, 0.4) is 0 Å². The average Bonchev–Trinajstić information content (AvgIpc) is 3.15. The van der Waals surface area contributed by atoms with Crippen LogP contribution in [0.2, 0.25) is 5.02 Å². The largest absolute Gasteiger partial charge is 0.416 e. The van der Waals surface area contributed by atoms with Crippen molar-refractivity contribution in [2.24, 2.45) is 0 Å². The van der Waals surface area contributed by atoms with Crippen molar-refractivity contribution in [3.05, 3.63) is 80.9 Å². The molecule has 0 aliphatic carbocycles. The molecule has 1 aliphatic rings. The van der Waals surface area contributed by atoms with Crippen LogP contribution in [0.5, 0.6) is 0 Å². The van der Waals surface area contributed by atoms with E-state index in [2.05, 4.69) is 9.80 Å². The summed E-state index contributed by atoms with van der Waals surface area (Å²) in [6.07, 6.45) is -4.53. The quantitative estimate of drug-likeness (QED) is 0.363. The molecule has 0 amide bonds. The number of nitrogens with zero attached hydrogens (tertiary/aromatic N) is 2. The monoisotopic (exact) mass is 497 g/mol. The van der Waals surface area contributed by atoms with E-state index in [-0.39, 0.29) is 21.2 Å². The van der Waals surface area contributed by atoms with Crippen LogP contribution >= 0.6 is 22.9 Å². The maximum Gasteiger partial charge on any atom is 0.416 e. The molecule has 33 heavy (non-hydrogen) atoms. The number of hydrogen-bond donors (Lipinski definition) is 1. The van der Waals surface area contributed by atoms with Crippen molar-refractivity contribution in [3.63, 3.8) is 0 Å². The number of carbonyl (C=O) groups excluding carboxylic acids is 1. The van der Waals surface area contributed by atoms with E-state index in [0.717, 1.165) is 17.8 Å². The standard InChI is InChI=1S/C23H20ClF4N3OS/c24-18-11-17(4-5-19(18)25)31-8-6-30(7-9-31)12-15-13-33-22(29)20(15)21(32)14-2-1-3-16(10-14)23(26,27)28/h1-5,10-11,13H,6-9,12,29H2. The van der Waals surface area contributed by atoms with Gasteiger partial charge < -0.3 is 10.6 Å². The van der Waals surface area contributed by atoms with Gasteiger partial charge in [-0.3, -0.25) is 9.69 Å². The van der Waals surface area contributed by atoms with E-state index >= 15 is 0 Å². The van der Waals surface area contributed by atoms with Gasteiger partial charge in [-0.1, -0.05) is 23.7 Å². The first-order valence-corrected chi connectivity index (χ1v) is 11.4. The van der Waals surface area contributed by atoms with Gasteiger partial charge in [-0.15, -0.1) is 11.3 Å². The SMILES string of the molecule is Nc1scc(CN2CCN(c3ccc(F)c(Cl)c3)CC2)c1C(=O)c1cccc(C(F)(F)F)c1. The van der Waals surface area contributed by atoms with Crippen LogP contribution in [0.4, 0.5) is 28.3 Å². The van der Waals surface area contributed by atoms with Crippen molar-refractivity contribution in [2.75, 3.05) is 36.8 Å². The Morgan fingerprint density at radius 3 is 2.48 bits per heavy atom. The first-order valence-electron chi connectivity index (χ1n) is 10.1. The lowest BCUT2D eigenvalue weighted by Gasteiger charge is -2.36. The van der Waals surface area contributed by atoms with Gasteiger partial charge >= 0.3 is 6.18 Å². The number of ketones is 1. The van der Waals surface area contributed by atoms with Crippen LogP contribution in [-0.2, 0) is 12.7 Å². The molecule has 10 heteroatoms. The molecule has 1 aromatic heterocycles. The van der Waals surface area contributed by atoms with Gasteiger partial charge in [-0.2, -0.15) is 13.2 Å². The molecule has 2 N–H and O–H groups in total. The number of halogens is 5. The number of thiophene rings is 1. The lowest BCUT2D eigenvalue weighted by Crippen LogP contribution is -2.46. The Morgan fingerprint density at radius 1 is 1.09 bits per heavy atom. The fraction of sp³-hybridized carbons (Fsp3) is 0.261. The number of rotatable bonds is 5. The summed E-state index contributed by atoms with van der Waals surface area (Å²) in [6, 6.07) is 8.99. The van der Waals surface area contributed by atoms with Crippen molar-refractivity contribution in [2.45, 2.75) is 12.7 Å². The third-order valence-electron chi connectivity index (χ3n) is 5.61. The number of anilines is 2. The summed E-state index contributed by atoms with van der Waals surface area (Å²) in [5.41, 5.74) is 6.90. The molecule has 4 rings (SSSR count). The molecule has 2 aromatic carbocycles. The lowest BCUT2D eigenvalue weighted by molar-refractivity contribution is -0.137. The summed E-state index contributed by atoms with van der Waals surface area (Å²) in [5.74, 6) is -0.985. The molecule has 0 saturated carbocycles. The fourth-order valence-corrected chi connectivity index (χ4v) is 4.83. The number of nitrogen functional groups attached to an aromatic ring is 1. The van der Waals surface area contributed by atoms with E-state index in [1.54, 1.807) is 17.5 Å². The minimum absolute atomic E-state index is 0.0471. The van der Waals surface area contributed by atoms with Crippen molar-refractivity contribution in [3.8, 4) is 0 Å². The zero-order chi connectivity index (χ0) is 23.8. The third-order valence-corrected chi connectivity index (χ3v) is 6.76. The van der Waals surface area contributed by atoms with Gasteiger partial charge in [0, 0.05) is 44.0 Å². The van der Waals surface area contributed by atoms with Crippen molar-refractivity contribution in [1.82, 2.24) is 4.90 Å². The summed E-state index contributed by atoms with van der Waals surface area (Å²) in [4.78, 5) is 17.3. The van der Waals surface area contributed by atoms with E-state index in [1.165, 1.54) is 29.5 Å². The zero-order valence-electron chi connectivity index (χ0n) is 17.3. The molecule has 3 aromatic rings. The van der Waals surface area contributed by atoms with Gasteiger partial charge in [0.05, 0.1) is 21.2 Å². The van der Waals surface area contributed by atoms with E-state index in [1.807, 2.05) is 0 Å². The Balaban J connectivity index is 1.47. The highest BCUT2D eigenvalue weighted by molar-refractivity contribution is 7.14. The van der Waals surface area contributed by atoms with Gasteiger partial charge in [-0.25, -0.2) is 4.39 Å². The minimum Gasteiger partial charge on any atom is -0.390 e. The second-order valence-corrected chi connectivity index (χ2v) is 9.09. The number of alkyl halides is 3. The average molecular weight is 498 g/mol.